The molecule has 0 bridgehead atoms. The summed E-state index contributed by atoms with van der Waals surface area (Å²) in [5, 5.41) is 12.6. The van der Waals surface area contributed by atoms with E-state index < -0.39 is 0 Å². The summed E-state index contributed by atoms with van der Waals surface area (Å²) < 4.78 is 2.34. The smallest absolute Gasteiger partial charge is 0.296 e. The number of fused-ring (bicyclic) bond motifs is 9. The van der Waals surface area contributed by atoms with Gasteiger partial charge in [0.05, 0.1) is 17.0 Å². The van der Waals surface area contributed by atoms with Gasteiger partial charge in [-0.1, -0.05) is 199 Å². The van der Waals surface area contributed by atoms with Crippen molar-refractivity contribution in [2.24, 2.45) is 0 Å². The Kier molecular flexibility index (Phi) is 11.2. The number of pyridine rings is 1. The van der Waals surface area contributed by atoms with Crippen LogP contribution in [0.5, 0.6) is 5.75 Å². The first kappa shape index (κ1) is 46.5. The van der Waals surface area contributed by atoms with Gasteiger partial charge in [-0.3, -0.25) is 0 Å². The molecule has 0 spiro atoms. The number of phenols is 1. The second-order valence-corrected chi connectivity index (χ2v) is 22.1. The molecular formula is C70H60N3O+. The number of nitrogens with zero attached hydrogens (tertiary/aromatic N) is 2. The van der Waals surface area contributed by atoms with E-state index in [1.165, 1.54) is 55.6 Å². The van der Waals surface area contributed by atoms with E-state index in [-0.39, 0.29) is 16.6 Å². The zero-order valence-corrected chi connectivity index (χ0v) is 43.5. The van der Waals surface area contributed by atoms with Gasteiger partial charge in [0.15, 0.2) is 11.0 Å². The van der Waals surface area contributed by atoms with Gasteiger partial charge in [-0.15, -0.1) is 0 Å². The van der Waals surface area contributed by atoms with Gasteiger partial charge < -0.3 is 5.11 Å². The molecule has 360 valence electrons. The van der Waals surface area contributed by atoms with Crippen LogP contribution in [0.25, 0.3) is 117 Å². The van der Waals surface area contributed by atoms with Crippen LogP contribution < -0.4 is 4.57 Å². The highest BCUT2D eigenvalue weighted by Crippen LogP contribution is 2.49. The maximum Gasteiger partial charge on any atom is 0.296 e. The summed E-state index contributed by atoms with van der Waals surface area (Å²) in [6.45, 7) is 17.7. The molecule has 9 aromatic carbocycles. The molecule has 4 nitrogen and oxygen atoms in total. The van der Waals surface area contributed by atoms with Gasteiger partial charge in [-0.05, 0) is 157 Å². The first-order valence-corrected chi connectivity index (χ1v) is 25.8. The first-order chi connectivity index (χ1) is 35.7. The van der Waals surface area contributed by atoms with Crippen molar-refractivity contribution in [1.82, 2.24) is 9.97 Å². The zero-order chi connectivity index (χ0) is 51.0. The van der Waals surface area contributed by atoms with Gasteiger partial charge in [-0.25, -0.2) is 9.97 Å². The average molecular weight is 959 g/mol. The van der Waals surface area contributed by atoms with Gasteiger partial charge in [0.1, 0.15) is 17.0 Å². The number of aromatic hydroxyl groups is 1. The Labute approximate surface area is 435 Å². The third kappa shape index (κ3) is 8.02. The van der Waals surface area contributed by atoms with E-state index in [2.05, 4.69) is 271 Å². The van der Waals surface area contributed by atoms with Crippen LogP contribution in [0, 0.1) is 13.8 Å². The lowest BCUT2D eigenvalue weighted by atomic mass is 9.79. The van der Waals surface area contributed by atoms with Crippen molar-refractivity contribution in [2.75, 3.05) is 0 Å². The molecule has 0 radical (unpaired) electrons. The topological polar surface area (TPSA) is 52.8 Å². The Morgan fingerprint density at radius 1 is 0.392 bits per heavy atom. The predicted molar refractivity (Wildman–Crippen MR) is 309 cm³/mol. The third-order valence-corrected chi connectivity index (χ3v) is 15.1. The summed E-state index contributed by atoms with van der Waals surface area (Å²) in [7, 11) is 0. The Morgan fingerprint density at radius 3 is 1.43 bits per heavy atom. The van der Waals surface area contributed by atoms with Crippen LogP contribution in [-0.2, 0) is 10.8 Å². The average Bonchev–Trinajstić information content (AvgIpc) is 3.80. The van der Waals surface area contributed by atoms with Gasteiger partial charge in [-0.2, -0.15) is 4.57 Å². The fraction of sp³-hybridized carbons (Fsp3) is 0.143. The van der Waals surface area contributed by atoms with Crippen molar-refractivity contribution in [3.63, 3.8) is 0 Å². The van der Waals surface area contributed by atoms with Crippen LogP contribution in [0.2, 0.25) is 0 Å². The summed E-state index contributed by atoms with van der Waals surface area (Å²) in [4.78, 5) is 9.56. The Morgan fingerprint density at radius 2 is 0.878 bits per heavy atom. The number of aromatic nitrogens is 3. The Hall–Kier alpha value is -8.60. The maximum absolute atomic E-state index is 12.6. The molecule has 2 N–H and O–H groups in total. The van der Waals surface area contributed by atoms with Gasteiger partial charge >= 0.3 is 0 Å². The van der Waals surface area contributed by atoms with Crippen LogP contribution in [0.4, 0.5) is 0 Å². The van der Waals surface area contributed by atoms with E-state index in [1.54, 1.807) is 0 Å². The van der Waals surface area contributed by atoms with Crippen molar-refractivity contribution in [2.45, 2.75) is 66.2 Å². The first-order valence-electron chi connectivity index (χ1n) is 25.8. The van der Waals surface area contributed by atoms with Gasteiger partial charge in [0.25, 0.3) is 5.82 Å². The summed E-state index contributed by atoms with van der Waals surface area (Å²) in [5.41, 5.74) is 25.5. The number of imidazole rings is 1. The van der Waals surface area contributed by atoms with Crippen molar-refractivity contribution >= 4 is 11.0 Å². The number of para-hydroxylation sites is 1. The molecule has 0 saturated heterocycles. The van der Waals surface area contributed by atoms with E-state index in [0.717, 1.165) is 84.0 Å². The van der Waals surface area contributed by atoms with Crippen molar-refractivity contribution < 1.29 is 9.67 Å². The summed E-state index contributed by atoms with van der Waals surface area (Å²) >= 11 is 0. The minimum atomic E-state index is -0.325. The summed E-state index contributed by atoms with van der Waals surface area (Å²) in [6, 6.07) is 74.5. The molecule has 0 unspecified atom stereocenters. The number of nitrogens with one attached hydrogen (secondary N) is 1. The SMILES string of the molecule is Cc1cc(-c2ccccc2)cc(C)c1-[n+]1c(-c2cc(C(C)(C)C)cc(C(C)(C)C)c2O)[nH]c2c(-c3cc(-c4ccc5c(c4)-c4ccccc4-c4ccccc4-c4ccccc4-5)cc(-c4ccccc4)n3)cccc21. The number of aryl methyl sites for hydroxylation is 2. The number of rotatable bonds is 6. The predicted octanol–water partition coefficient (Wildman–Crippen LogP) is 18.1. The maximum atomic E-state index is 12.6. The highest BCUT2D eigenvalue weighted by molar-refractivity contribution is 6.04. The number of H-pyrrole nitrogens is 1. The molecule has 11 aromatic rings. The molecular weight excluding hydrogens is 899 g/mol. The fourth-order valence-corrected chi connectivity index (χ4v) is 11.3. The van der Waals surface area contributed by atoms with E-state index in [1.807, 2.05) is 0 Å². The third-order valence-electron chi connectivity index (χ3n) is 15.1. The molecule has 0 aliphatic heterocycles. The van der Waals surface area contributed by atoms with E-state index in [9.17, 15) is 5.11 Å². The van der Waals surface area contributed by atoms with Gasteiger partial charge in [0.2, 0.25) is 0 Å². The minimum absolute atomic E-state index is 0.184. The molecule has 2 aromatic heterocycles. The quantitative estimate of drug-likeness (QED) is 0.163. The number of hydrogen-bond acceptors (Lipinski definition) is 2. The molecule has 0 amide bonds. The van der Waals surface area contributed by atoms with Crippen LogP contribution in [-0.4, -0.2) is 15.1 Å². The standard InChI is InChI=1S/C70H59N3O/c1-43-36-48(45-22-11-9-12-23-45)37-44(2)66(43)73-64-33-21-32-58(65(64)72-68(73)60-41-50(69(3,4)5)42-61(67(60)74)70(6,7)8)63-40-49(39-62(71-63)46-24-13-10-14-25-46)47-34-35-57-55-30-18-17-28-53(55)51-26-15-16-27-52(51)54-29-19-20-31-56(54)59(57)38-47/h9-42H,1-8H3,(H,71,72,74)/p+1. The summed E-state index contributed by atoms with van der Waals surface area (Å²) in [5.74, 6) is 1.09. The number of aromatic amines is 1. The minimum Gasteiger partial charge on any atom is -0.507 e. The lowest BCUT2D eigenvalue weighted by molar-refractivity contribution is -0.555. The largest absolute Gasteiger partial charge is 0.507 e. The molecule has 1 aliphatic carbocycles. The van der Waals surface area contributed by atoms with Crippen LogP contribution in [0.15, 0.2) is 206 Å². The molecule has 0 fully saturated rings. The van der Waals surface area contributed by atoms with E-state index in [4.69, 9.17) is 4.98 Å². The normalized spacial score (nSPS) is 12.1. The lowest BCUT2D eigenvalue weighted by Gasteiger charge is -2.27. The van der Waals surface area contributed by atoms with Crippen LogP contribution in [0.1, 0.15) is 63.8 Å². The van der Waals surface area contributed by atoms with Crippen molar-refractivity contribution in [3.8, 4) is 112 Å². The van der Waals surface area contributed by atoms with Crippen LogP contribution >= 0.6 is 0 Å². The molecule has 4 heteroatoms. The van der Waals surface area contributed by atoms with Crippen LogP contribution in [0.3, 0.4) is 0 Å². The summed E-state index contributed by atoms with van der Waals surface area (Å²) in [6.07, 6.45) is 0. The second kappa shape index (κ2) is 17.9. The van der Waals surface area contributed by atoms with E-state index in [0.29, 0.717) is 0 Å². The molecule has 1 aliphatic rings. The fourth-order valence-electron chi connectivity index (χ4n) is 11.3. The number of benzene rings is 9. The highest BCUT2D eigenvalue weighted by atomic mass is 16.3. The van der Waals surface area contributed by atoms with Crippen molar-refractivity contribution in [3.05, 3.63) is 229 Å². The second-order valence-electron chi connectivity index (χ2n) is 22.1. The zero-order valence-electron chi connectivity index (χ0n) is 43.5. The Balaban J connectivity index is 1.12. The highest BCUT2D eigenvalue weighted by Gasteiger charge is 2.34. The number of hydrogen-bond donors (Lipinski definition) is 2. The Bertz CT molecular complexity index is 3970. The van der Waals surface area contributed by atoms with E-state index >= 15 is 0 Å². The molecule has 2 heterocycles. The molecule has 12 rings (SSSR count). The number of phenolic OH excluding ortho intramolecular Hbond substituents is 1. The van der Waals surface area contributed by atoms with Crippen molar-refractivity contribution in [1.29, 1.82) is 0 Å². The van der Waals surface area contributed by atoms with Gasteiger partial charge in [0, 0.05) is 11.1 Å². The monoisotopic (exact) mass is 958 g/mol. The lowest BCUT2D eigenvalue weighted by Crippen LogP contribution is -2.34. The molecule has 0 saturated carbocycles. The molecule has 74 heavy (non-hydrogen) atoms. The molecule has 0 atom stereocenters.